The Balaban J connectivity index is 1.55. The number of amides is 2. The molecular weight excluding hydrogens is 332 g/mol. The van der Waals surface area contributed by atoms with Crippen molar-refractivity contribution in [3.63, 3.8) is 0 Å². The zero-order valence-electron chi connectivity index (χ0n) is 14.7. The maximum atomic E-state index is 12.5. The molecule has 0 saturated carbocycles. The lowest BCUT2D eigenvalue weighted by Gasteiger charge is -2.31. The summed E-state index contributed by atoms with van der Waals surface area (Å²) in [6, 6.07) is 11.8. The second kappa shape index (κ2) is 7.83. The van der Waals surface area contributed by atoms with E-state index in [0.29, 0.717) is 31.8 Å². The van der Waals surface area contributed by atoms with Gasteiger partial charge in [-0.25, -0.2) is 0 Å². The van der Waals surface area contributed by atoms with Gasteiger partial charge in [0.1, 0.15) is 0 Å². The van der Waals surface area contributed by atoms with Crippen LogP contribution < -0.4 is 5.32 Å². The van der Waals surface area contributed by atoms with Gasteiger partial charge in [0.25, 0.3) is 5.91 Å². The molecule has 1 aliphatic rings. The zero-order valence-corrected chi connectivity index (χ0v) is 15.5. The summed E-state index contributed by atoms with van der Waals surface area (Å²) in [6.45, 7) is 5.56. The largest absolute Gasteiger partial charge is 0.338 e. The van der Waals surface area contributed by atoms with Gasteiger partial charge >= 0.3 is 0 Å². The van der Waals surface area contributed by atoms with Gasteiger partial charge in [-0.2, -0.15) is 0 Å². The first kappa shape index (κ1) is 17.7. The second-order valence-electron chi connectivity index (χ2n) is 6.81. The molecule has 1 saturated heterocycles. The van der Waals surface area contributed by atoms with Gasteiger partial charge in [0.15, 0.2) is 0 Å². The third kappa shape index (κ3) is 4.28. The number of nitrogens with zero attached hydrogens (tertiary/aromatic N) is 1. The molecule has 1 aromatic carbocycles. The molecule has 1 aromatic heterocycles. The second-order valence-corrected chi connectivity index (χ2v) is 7.76. The number of piperidine rings is 1. The van der Waals surface area contributed by atoms with E-state index in [4.69, 9.17) is 0 Å². The Hall–Kier alpha value is -2.14. The van der Waals surface area contributed by atoms with Crippen LogP contribution in [0.4, 0.5) is 5.69 Å². The first-order valence-corrected chi connectivity index (χ1v) is 9.66. The molecule has 2 amide bonds. The Morgan fingerprint density at radius 3 is 2.56 bits per heavy atom. The number of carbonyl (C=O) groups is 2. The summed E-state index contributed by atoms with van der Waals surface area (Å²) in [5, 5.41) is 4.95. The Morgan fingerprint density at radius 2 is 1.92 bits per heavy atom. The minimum atomic E-state index is -0.0323. The predicted molar refractivity (Wildman–Crippen MR) is 102 cm³/mol. The number of benzene rings is 1. The topological polar surface area (TPSA) is 49.4 Å². The van der Waals surface area contributed by atoms with E-state index in [0.717, 1.165) is 10.6 Å². The van der Waals surface area contributed by atoms with E-state index in [1.807, 2.05) is 40.6 Å². The van der Waals surface area contributed by atoms with Crippen LogP contribution in [0.25, 0.3) is 0 Å². The Kier molecular flexibility index (Phi) is 5.53. The van der Waals surface area contributed by atoms with Crippen LogP contribution in [0.3, 0.4) is 0 Å². The summed E-state index contributed by atoms with van der Waals surface area (Å²) in [7, 11) is 0. The third-order valence-corrected chi connectivity index (χ3v) is 5.56. The molecule has 1 fully saturated rings. The quantitative estimate of drug-likeness (QED) is 0.885. The molecule has 1 N–H and O–H groups in total. The number of rotatable bonds is 4. The van der Waals surface area contributed by atoms with Crippen LogP contribution in [0.5, 0.6) is 0 Å². The summed E-state index contributed by atoms with van der Waals surface area (Å²) < 4.78 is 0. The minimum Gasteiger partial charge on any atom is -0.338 e. The molecule has 0 spiro atoms. The maximum absolute atomic E-state index is 12.5. The highest BCUT2D eigenvalue weighted by atomic mass is 32.1. The number of thiophene rings is 1. The smallest absolute Gasteiger partial charge is 0.263 e. The fraction of sp³-hybridized carbons (Fsp3) is 0.400. The van der Waals surface area contributed by atoms with Crippen molar-refractivity contribution in [2.75, 3.05) is 18.4 Å². The minimum absolute atomic E-state index is 0.0323. The highest BCUT2D eigenvalue weighted by Crippen LogP contribution is 2.23. The van der Waals surface area contributed by atoms with E-state index in [-0.39, 0.29) is 17.7 Å². The molecule has 4 nitrogen and oxygen atoms in total. The van der Waals surface area contributed by atoms with Gasteiger partial charge in [-0.15, -0.1) is 11.3 Å². The monoisotopic (exact) mass is 356 g/mol. The first-order chi connectivity index (χ1) is 12.0. The molecule has 5 heteroatoms. The van der Waals surface area contributed by atoms with Gasteiger partial charge in [-0.3, -0.25) is 9.59 Å². The molecule has 2 aromatic rings. The van der Waals surface area contributed by atoms with E-state index >= 15 is 0 Å². The lowest BCUT2D eigenvalue weighted by Crippen LogP contribution is -2.41. The van der Waals surface area contributed by atoms with E-state index in [1.54, 1.807) is 0 Å². The number of hydrogen-bond donors (Lipinski definition) is 1. The predicted octanol–water partition coefficient (Wildman–Crippen LogP) is 4.36. The number of hydrogen-bond acceptors (Lipinski definition) is 3. The average molecular weight is 356 g/mol. The molecule has 0 radical (unpaired) electrons. The van der Waals surface area contributed by atoms with E-state index in [9.17, 15) is 9.59 Å². The van der Waals surface area contributed by atoms with Crippen molar-refractivity contribution in [1.29, 1.82) is 0 Å². The van der Waals surface area contributed by atoms with Crippen LogP contribution in [0, 0.1) is 5.92 Å². The standard InChI is InChI=1S/C20H24N2O2S/c1-14(2)16-5-3-6-17(13-16)21-19(23)15-8-10-22(11-9-15)20(24)18-7-4-12-25-18/h3-7,12-15H,8-11H2,1-2H3,(H,21,23). The molecular formula is C20H24N2O2S. The highest BCUT2D eigenvalue weighted by molar-refractivity contribution is 7.12. The summed E-state index contributed by atoms with van der Waals surface area (Å²) >= 11 is 1.47. The van der Waals surface area contributed by atoms with Crippen LogP contribution in [0.15, 0.2) is 41.8 Å². The van der Waals surface area contributed by atoms with Crippen molar-refractivity contribution >= 4 is 28.8 Å². The van der Waals surface area contributed by atoms with Gasteiger partial charge in [-0.05, 0) is 47.9 Å². The van der Waals surface area contributed by atoms with Gasteiger partial charge in [-0.1, -0.05) is 32.0 Å². The molecule has 0 unspecified atom stereocenters. The molecule has 132 valence electrons. The number of likely N-dealkylation sites (tertiary alicyclic amines) is 1. The molecule has 1 aliphatic heterocycles. The van der Waals surface area contributed by atoms with Crippen LogP contribution in [0.2, 0.25) is 0 Å². The SMILES string of the molecule is CC(C)c1cccc(NC(=O)C2CCN(C(=O)c3cccs3)CC2)c1. The fourth-order valence-electron chi connectivity index (χ4n) is 3.12. The highest BCUT2D eigenvalue weighted by Gasteiger charge is 2.28. The lowest BCUT2D eigenvalue weighted by molar-refractivity contribution is -0.121. The number of nitrogens with one attached hydrogen (secondary N) is 1. The van der Waals surface area contributed by atoms with E-state index < -0.39 is 0 Å². The van der Waals surface area contributed by atoms with E-state index in [2.05, 4.69) is 25.2 Å². The van der Waals surface area contributed by atoms with Gasteiger partial charge < -0.3 is 10.2 Å². The summed E-state index contributed by atoms with van der Waals surface area (Å²) in [5.74, 6) is 0.543. The van der Waals surface area contributed by atoms with Gasteiger partial charge in [0, 0.05) is 24.7 Å². The Morgan fingerprint density at radius 1 is 1.16 bits per heavy atom. The number of anilines is 1. The van der Waals surface area contributed by atoms with Gasteiger partial charge in [0.2, 0.25) is 5.91 Å². The van der Waals surface area contributed by atoms with Crippen LogP contribution >= 0.6 is 11.3 Å². The van der Waals surface area contributed by atoms with E-state index in [1.165, 1.54) is 16.9 Å². The summed E-state index contributed by atoms with van der Waals surface area (Å²) in [6.07, 6.45) is 1.43. The lowest BCUT2D eigenvalue weighted by atomic mass is 9.95. The maximum Gasteiger partial charge on any atom is 0.263 e. The molecule has 2 heterocycles. The zero-order chi connectivity index (χ0) is 17.8. The molecule has 25 heavy (non-hydrogen) atoms. The first-order valence-electron chi connectivity index (χ1n) is 8.78. The van der Waals surface area contributed by atoms with Crippen LogP contribution in [0.1, 0.15) is 47.8 Å². The third-order valence-electron chi connectivity index (χ3n) is 4.71. The van der Waals surface area contributed by atoms with Crippen molar-refractivity contribution < 1.29 is 9.59 Å². The number of carbonyl (C=O) groups excluding carboxylic acids is 2. The molecule has 0 atom stereocenters. The molecule has 0 bridgehead atoms. The fourth-order valence-corrected chi connectivity index (χ4v) is 3.81. The van der Waals surface area contributed by atoms with Crippen LogP contribution in [-0.4, -0.2) is 29.8 Å². The summed E-state index contributed by atoms with van der Waals surface area (Å²) in [5.41, 5.74) is 2.07. The normalized spacial score (nSPS) is 15.4. The molecule has 3 rings (SSSR count). The van der Waals surface area contributed by atoms with Crippen LogP contribution in [-0.2, 0) is 4.79 Å². The van der Waals surface area contributed by atoms with Crippen molar-refractivity contribution in [3.8, 4) is 0 Å². The average Bonchev–Trinajstić information content (AvgIpc) is 3.16. The van der Waals surface area contributed by atoms with Crippen molar-refractivity contribution in [1.82, 2.24) is 4.90 Å². The van der Waals surface area contributed by atoms with Crippen molar-refractivity contribution in [2.45, 2.75) is 32.6 Å². The summed E-state index contributed by atoms with van der Waals surface area (Å²) in [4.78, 5) is 27.5. The van der Waals surface area contributed by atoms with Gasteiger partial charge in [0.05, 0.1) is 4.88 Å². The van der Waals surface area contributed by atoms with Crippen molar-refractivity contribution in [2.24, 2.45) is 5.92 Å². The molecule has 0 aliphatic carbocycles. The Bertz CT molecular complexity index is 732. The Labute approximate surface area is 152 Å². The van der Waals surface area contributed by atoms with Crippen molar-refractivity contribution in [3.05, 3.63) is 52.2 Å².